The van der Waals surface area contributed by atoms with E-state index < -0.39 is 6.04 Å². The Morgan fingerprint density at radius 3 is 2.06 bits per heavy atom. The van der Waals surface area contributed by atoms with Gasteiger partial charge in [0.1, 0.15) is 6.04 Å². The van der Waals surface area contributed by atoms with Crippen molar-refractivity contribution in [2.45, 2.75) is 32.9 Å². The van der Waals surface area contributed by atoms with E-state index in [0.717, 1.165) is 12.0 Å². The quantitative estimate of drug-likeness (QED) is 0.577. The van der Waals surface area contributed by atoms with Crippen molar-refractivity contribution < 1.29 is 23.8 Å². The summed E-state index contributed by atoms with van der Waals surface area (Å²) in [6.07, 6.45) is 0.725. The Labute approximate surface area is 188 Å². The van der Waals surface area contributed by atoms with Gasteiger partial charge in [0, 0.05) is 17.1 Å². The molecule has 0 aromatic heterocycles. The minimum Gasteiger partial charge on any atom is -0.493 e. The van der Waals surface area contributed by atoms with Crippen LogP contribution in [0.1, 0.15) is 36.2 Å². The molecule has 2 aromatic carbocycles. The van der Waals surface area contributed by atoms with E-state index in [4.69, 9.17) is 25.8 Å². The predicted octanol–water partition coefficient (Wildman–Crippen LogP) is 3.83. The zero-order valence-electron chi connectivity index (χ0n) is 18.5. The van der Waals surface area contributed by atoms with Crippen molar-refractivity contribution in [2.24, 2.45) is 5.92 Å². The first-order valence-electron chi connectivity index (χ1n) is 9.97. The highest BCUT2D eigenvalue weighted by Gasteiger charge is 2.26. The van der Waals surface area contributed by atoms with Crippen LogP contribution in [-0.4, -0.2) is 39.2 Å². The molecule has 0 aliphatic heterocycles. The van der Waals surface area contributed by atoms with Crippen LogP contribution in [0.2, 0.25) is 5.02 Å². The molecule has 0 spiro atoms. The summed E-state index contributed by atoms with van der Waals surface area (Å²) in [6, 6.07) is 9.38. The van der Waals surface area contributed by atoms with Gasteiger partial charge in [-0.1, -0.05) is 31.9 Å². The minimum atomic E-state index is -0.685. The zero-order chi connectivity index (χ0) is 23.0. The van der Waals surface area contributed by atoms with Crippen molar-refractivity contribution >= 4 is 23.4 Å². The smallest absolute Gasteiger partial charge is 0.251 e. The van der Waals surface area contributed by atoms with Gasteiger partial charge in [0.25, 0.3) is 5.91 Å². The molecule has 2 amide bonds. The van der Waals surface area contributed by atoms with Crippen LogP contribution in [0.15, 0.2) is 36.4 Å². The maximum absolute atomic E-state index is 12.9. The van der Waals surface area contributed by atoms with Gasteiger partial charge in [-0.25, -0.2) is 0 Å². The van der Waals surface area contributed by atoms with Crippen LogP contribution in [0, 0.1) is 5.92 Å². The summed E-state index contributed by atoms with van der Waals surface area (Å²) in [6.45, 7) is 4.13. The van der Waals surface area contributed by atoms with E-state index in [9.17, 15) is 9.59 Å². The maximum atomic E-state index is 12.9. The summed E-state index contributed by atoms with van der Waals surface area (Å²) >= 11 is 5.89. The Balaban J connectivity index is 2.14. The normalized spacial score (nSPS) is 12.5. The standard InChI is InChI=1S/C23H29ClN2O5/c1-6-14(2)20(26-22(27)16-7-9-17(24)10-8-16)23(28)25-13-15-11-18(29-3)21(31-5)19(12-15)30-4/h7-12,14,20H,6,13H2,1-5H3,(H,25,28)(H,26,27)/t14-,20-/m0/s1. The van der Waals surface area contributed by atoms with Crippen LogP contribution < -0.4 is 24.8 Å². The van der Waals surface area contributed by atoms with Gasteiger partial charge >= 0.3 is 0 Å². The molecular weight excluding hydrogens is 420 g/mol. The number of benzene rings is 2. The van der Waals surface area contributed by atoms with Gasteiger partial charge < -0.3 is 24.8 Å². The molecule has 0 unspecified atom stereocenters. The summed E-state index contributed by atoms with van der Waals surface area (Å²) < 4.78 is 16.0. The number of carbonyl (C=O) groups excluding carboxylic acids is 2. The molecule has 31 heavy (non-hydrogen) atoms. The van der Waals surface area contributed by atoms with E-state index in [-0.39, 0.29) is 24.3 Å². The van der Waals surface area contributed by atoms with Crippen molar-refractivity contribution in [2.75, 3.05) is 21.3 Å². The fraction of sp³-hybridized carbons (Fsp3) is 0.391. The SMILES string of the molecule is CC[C@H](C)[C@H](NC(=O)c1ccc(Cl)cc1)C(=O)NCc1cc(OC)c(OC)c(OC)c1. The summed E-state index contributed by atoms with van der Waals surface area (Å²) in [4.78, 5) is 25.6. The fourth-order valence-electron chi connectivity index (χ4n) is 3.06. The third kappa shape index (κ3) is 6.28. The number of nitrogens with one attached hydrogen (secondary N) is 2. The third-order valence-electron chi connectivity index (χ3n) is 5.08. The number of amides is 2. The fourth-order valence-corrected chi connectivity index (χ4v) is 3.19. The van der Waals surface area contributed by atoms with Crippen molar-refractivity contribution in [3.05, 3.63) is 52.5 Å². The van der Waals surface area contributed by atoms with Crippen molar-refractivity contribution in [3.63, 3.8) is 0 Å². The average Bonchev–Trinajstić information content (AvgIpc) is 2.79. The molecule has 0 aliphatic carbocycles. The van der Waals surface area contributed by atoms with Gasteiger partial charge in [-0.15, -0.1) is 0 Å². The lowest BCUT2D eigenvalue weighted by Gasteiger charge is -2.24. The number of carbonyl (C=O) groups is 2. The highest BCUT2D eigenvalue weighted by molar-refractivity contribution is 6.30. The Hall–Kier alpha value is -2.93. The molecule has 0 saturated heterocycles. The van der Waals surface area contributed by atoms with Crippen LogP contribution in [0.5, 0.6) is 17.2 Å². The number of rotatable bonds is 10. The molecule has 0 radical (unpaired) electrons. The lowest BCUT2D eigenvalue weighted by molar-refractivity contribution is -0.124. The van der Waals surface area contributed by atoms with E-state index in [1.165, 1.54) is 21.3 Å². The molecule has 7 nitrogen and oxygen atoms in total. The number of halogens is 1. The predicted molar refractivity (Wildman–Crippen MR) is 120 cm³/mol. The van der Waals surface area contributed by atoms with Crippen LogP contribution in [0.4, 0.5) is 0 Å². The first kappa shape index (κ1) is 24.3. The Morgan fingerprint density at radius 2 is 1.58 bits per heavy atom. The van der Waals surface area contributed by atoms with Crippen LogP contribution in [-0.2, 0) is 11.3 Å². The molecule has 2 aromatic rings. The zero-order valence-corrected chi connectivity index (χ0v) is 19.2. The Bertz CT molecular complexity index is 876. The molecule has 2 atom stereocenters. The summed E-state index contributed by atoms with van der Waals surface area (Å²) in [7, 11) is 4.59. The van der Waals surface area contributed by atoms with Gasteiger partial charge in [0.15, 0.2) is 11.5 Å². The summed E-state index contributed by atoms with van der Waals surface area (Å²) in [5.41, 5.74) is 1.21. The largest absolute Gasteiger partial charge is 0.493 e. The Morgan fingerprint density at radius 1 is 1.00 bits per heavy atom. The van der Waals surface area contributed by atoms with Crippen LogP contribution in [0.25, 0.3) is 0 Å². The monoisotopic (exact) mass is 448 g/mol. The van der Waals surface area contributed by atoms with Crippen LogP contribution in [0.3, 0.4) is 0 Å². The molecule has 8 heteroatoms. The van der Waals surface area contributed by atoms with E-state index in [1.807, 2.05) is 13.8 Å². The second kappa shape index (κ2) is 11.5. The van der Waals surface area contributed by atoms with E-state index in [2.05, 4.69) is 10.6 Å². The summed E-state index contributed by atoms with van der Waals surface area (Å²) in [5, 5.41) is 6.27. The topological polar surface area (TPSA) is 85.9 Å². The van der Waals surface area contributed by atoms with Crippen molar-refractivity contribution in [1.82, 2.24) is 10.6 Å². The molecule has 0 fully saturated rings. The minimum absolute atomic E-state index is 0.0591. The first-order chi connectivity index (χ1) is 14.8. The van der Waals surface area contributed by atoms with E-state index in [0.29, 0.717) is 27.8 Å². The van der Waals surface area contributed by atoms with Crippen molar-refractivity contribution in [1.29, 1.82) is 0 Å². The highest BCUT2D eigenvalue weighted by atomic mass is 35.5. The molecule has 2 rings (SSSR count). The molecule has 0 heterocycles. The lowest BCUT2D eigenvalue weighted by atomic mass is 9.97. The second-order valence-electron chi connectivity index (χ2n) is 7.09. The molecular formula is C23H29ClN2O5. The lowest BCUT2D eigenvalue weighted by Crippen LogP contribution is -2.50. The van der Waals surface area contributed by atoms with E-state index >= 15 is 0 Å². The average molecular weight is 449 g/mol. The van der Waals surface area contributed by atoms with Crippen LogP contribution >= 0.6 is 11.6 Å². The molecule has 2 N–H and O–H groups in total. The second-order valence-corrected chi connectivity index (χ2v) is 7.53. The molecule has 168 valence electrons. The molecule has 0 bridgehead atoms. The number of hydrogen-bond donors (Lipinski definition) is 2. The van der Waals surface area contributed by atoms with Gasteiger partial charge in [0.2, 0.25) is 11.7 Å². The third-order valence-corrected chi connectivity index (χ3v) is 5.33. The Kier molecular flexibility index (Phi) is 9.00. The van der Waals surface area contributed by atoms with Gasteiger partial charge in [0.05, 0.1) is 21.3 Å². The molecule has 0 aliphatic rings. The van der Waals surface area contributed by atoms with Crippen molar-refractivity contribution in [3.8, 4) is 17.2 Å². The van der Waals surface area contributed by atoms with Gasteiger partial charge in [-0.3, -0.25) is 9.59 Å². The van der Waals surface area contributed by atoms with E-state index in [1.54, 1.807) is 36.4 Å². The van der Waals surface area contributed by atoms with Gasteiger partial charge in [-0.2, -0.15) is 0 Å². The number of methoxy groups -OCH3 is 3. The van der Waals surface area contributed by atoms with Gasteiger partial charge in [-0.05, 0) is 47.9 Å². The summed E-state index contributed by atoms with van der Waals surface area (Å²) in [5.74, 6) is 0.820. The maximum Gasteiger partial charge on any atom is 0.251 e. The number of hydrogen-bond acceptors (Lipinski definition) is 5. The number of ether oxygens (including phenoxy) is 3. The molecule has 0 saturated carbocycles. The first-order valence-corrected chi connectivity index (χ1v) is 10.3. The highest BCUT2D eigenvalue weighted by Crippen LogP contribution is 2.38.